The van der Waals surface area contributed by atoms with Crippen LogP contribution in [-0.2, 0) is 4.79 Å². The molecule has 2 fully saturated rings. The Kier molecular flexibility index (Phi) is 4.53. The van der Waals surface area contributed by atoms with E-state index in [9.17, 15) is 4.79 Å². The first-order valence-corrected chi connectivity index (χ1v) is 7.54. The maximum Gasteiger partial charge on any atom is 0.223 e. The Morgan fingerprint density at radius 3 is 2.56 bits per heavy atom. The van der Waals surface area contributed by atoms with E-state index in [1.165, 1.54) is 24.3 Å². The van der Waals surface area contributed by atoms with Crippen LogP contribution in [0.15, 0.2) is 0 Å². The van der Waals surface area contributed by atoms with Gasteiger partial charge in [-0.1, -0.05) is 0 Å². The van der Waals surface area contributed by atoms with Gasteiger partial charge in [0.1, 0.15) is 0 Å². The Labute approximate surface area is 102 Å². The lowest BCUT2D eigenvalue weighted by Gasteiger charge is -2.38. The van der Waals surface area contributed by atoms with Crippen LogP contribution in [0.3, 0.4) is 0 Å². The maximum absolute atomic E-state index is 12.2. The third-order valence-electron chi connectivity index (χ3n) is 3.67. The van der Waals surface area contributed by atoms with E-state index in [0.29, 0.717) is 17.9 Å². The van der Waals surface area contributed by atoms with Crippen molar-refractivity contribution in [1.82, 2.24) is 10.2 Å². The van der Waals surface area contributed by atoms with Gasteiger partial charge in [0.2, 0.25) is 5.91 Å². The van der Waals surface area contributed by atoms with Crippen molar-refractivity contribution in [3.05, 3.63) is 0 Å². The van der Waals surface area contributed by atoms with Gasteiger partial charge in [0.15, 0.2) is 0 Å². The van der Waals surface area contributed by atoms with E-state index < -0.39 is 0 Å². The summed E-state index contributed by atoms with van der Waals surface area (Å²) in [5.41, 5.74) is 0. The summed E-state index contributed by atoms with van der Waals surface area (Å²) in [6, 6.07) is 0.468. The van der Waals surface area contributed by atoms with Gasteiger partial charge in [-0.3, -0.25) is 4.79 Å². The van der Waals surface area contributed by atoms with Crippen molar-refractivity contribution in [2.24, 2.45) is 5.92 Å². The third kappa shape index (κ3) is 2.92. The van der Waals surface area contributed by atoms with Crippen molar-refractivity contribution in [2.45, 2.75) is 32.2 Å². The fourth-order valence-corrected chi connectivity index (χ4v) is 3.65. The lowest BCUT2D eigenvalue weighted by atomic mass is 9.97. The SMILES string of the molecule is CCN(C(=O)CC1CCSCC1)C1CNC1. The number of nitrogens with one attached hydrogen (secondary N) is 1. The van der Waals surface area contributed by atoms with Crippen LogP contribution >= 0.6 is 11.8 Å². The highest BCUT2D eigenvalue weighted by atomic mass is 32.2. The molecule has 2 aliphatic heterocycles. The normalized spacial score (nSPS) is 22.8. The molecular formula is C12H22N2OS. The number of amides is 1. The standard InChI is InChI=1S/C12H22N2OS/c1-2-14(11-8-13-9-11)12(15)7-10-3-5-16-6-4-10/h10-11,13H,2-9H2,1H3. The second-order valence-corrected chi connectivity index (χ2v) is 5.98. The number of hydrogen-bond acceptors (Lipinski definition) is 3. The summed E-state index contributed by atoms with van der Waals surface area (Å²) in [7, 11) is 0. The van der Waals surface area contributed by atoms with Crippen LogP contribution < -0.4 is 5.32 Å². The van der Waals surface area contributed by atoms with E-state index in [1.807, 2.05) is 11.8 Å². The predicted octanol–water partition coefficient (Wildman–Crippen LogP) is 1.34. The monoisotopic (exact) mass is 242 g/mol. The Balaban J connectivity index is 1.80. The summed E-state index contributed by atoms with van der Waals surface area (Å²) < 4.78 is 0. The molecule has 0 saturated carbocycles. The van der Waals surface area contributed by atoms with Crippen LogP contribution in [0, 0.1) is 5.92 Å². The summed E-state index contributed by atoms with van der Waals surface area (Å²) in [5, 5.41) is 3.24. The second-order valence-electron chi connectivity index (χ2n) is 4.75. The van der Waals surface area contributed by atoms with Gasteiger partial charge in [-0.25, -0.2) is 0 Å². The second kappa shape index (κ2) is 5.92. The summed E-state index contributed by atoms with van der Waals surface area (Å²) in [5.74, 6) is 3.52. The molecule has 2 saturated heterocycles. The van der Waals surface area contributed by atoms with Gasteiger partial charge in [0, 0.05) is 26.1 Å². The molecule has 0 bridgehead atoms. The number of thioether (sulfide) groups is 1. The highest BCUT2D eigenvalue weighted by Crippen LogP contribution is 2.26. The highest BCUT2D eigenvalue weighted by molar-refractivity contribution is 7.99. The van der Waals surface area contributed by atoms with E-state index in [-0.39, 0.29) is 0 Å². The van der Waals surface area contributed by atoms with Crippen molar-refractivity contribution in [2.75, 3.05) is 31.1 Å². The van der Waals surface area contributed by atoms with Crippen molar-refractivity contribution < 1.29 is 4.79 Å². The molecule has 4 heteroatoms. The summed E-state index contributed by atoms with van der Waals surface area (Å²) in [6.07, 6.45) is 3.25. The average molecular weight is 242 g/mol. The lowest BCUT2D eigenvalue weighted by Crippen LogP contribution is -2.58. The van der Waals surface area contributed by atoms with Crippen molar-refractivity contribution >= 4 is 17.7 Å². The van der Waals surface area contributed by atoms with E-state index in [0.717, 1.165) is 26.1 Å². The van der Waals surface area contributed by atoms with E-state index in [2.05, 4.69) is 17.1 Å². The topological polar surface area (TPSA) is 32.3 Å². The molecule has 1 amide bonds. The van der Waals surface area contributed by atoms with Crippen LogP contribution in [0.1, 0.15) is 26.2 Å². The van der Waals surface area contributed by atoms with Crippen LogP contribution in [-0.4, -0.2) is 48.0 Å². The first-order valence-electron chi connectivity index (χ1n) is 6.39. The van der Waals surface area contributed by atoms with Crippen molar-refractivity contribution in [3.8, 4) is 0 Å². The number of likely N-dealkylation sites (N-methyl/N-ethyl adjacent to an activating group) is 1. The Morgan fingerprint density at radius 2 is 2.06 bits per heavy atom. The summed E-state index contributed by atoms with van der Waals surface area (Å²) in [6.45, 7) is 4.93. The van der Waals surface area contributed by atoms with Crippen LogP contribution in [0.2, 0.25) is 0 Å². The van der Waals surface area contributed by atoms with E-state index in [4.69, 9.17) is 0 Å². The quantitative estimate of drug-likeness (QED) is 0.807. The van der Waals surface area contributed by atoms with Gasteiger partial charge in [0.05, 0.1) is 6.04 Å². The Hall–Kier alpha value is -0.220. The molecule has 0 atom stereocenters. The fraction of sp³-hybridized carbons (Fsp3) is 0.917. The maximum atomic E-state index is 12.2. The van der Waals surface area contributed by atoms with E-state index in [1.54, 1.807) is 0 Å². The lowest BCUT2D eigenvalue weighted by molar-refractivity contribution is -0.135. The van der Waals surface area contributed by atoms with Crippen LogP contribution in [0.4, 0.5) is 0 Å². The van der Waals surface area contributed by atoms with Gasteiger partial charge >= 0.3 is 0 Å². The van der Waals surface area contributed by atoms with Gasteiger partial charge in [-0.2, -0.15) is 11.8 Å². The first-order chi connectivity index (χ1) is 7.81. The molecule has 0 radical (unpaired) electrons. The number of carbonyl (C=O) groups is 1. The molecular weight excluding hydrogens is 220 g/mol. The van der Waals surface area contributed by atoms with Crippen LogP contribution in [0.25, 0.3) is 0 Å². The van der Waals surface area contributed by atoms with Gasteiger partial charge in [-0.15, -0.1) is 0 Å². The molecule has 0 aromatic carbocycles. The zero-order valence-corrected chi connectivity index (χ0v) is 10.9. The largest absolute Gasteiger partial charge is 0.337 e. The Bertz CT molecular complexity index is 237. The molecule has 2 aliphatic rings. The molecule has 0 unspecified atom stereocenters. The average Bonchev–Trinajstić information content (AvgIpc) is 2.24. The highest BCUT2D eigenvalue weighted by Gasteiger charge is 2.28. The number of hydrogen-bond donors (Lipinski definition) is 1. The molecule has 0 aliphatic carbocycles. The molecule has 0 aromatic heterocycles. The Morgan fingerprint density at radius 1 is 1.38 bits per heavy atom. The number of carbonyl (C=O) groups excluding carboxylic acids is 1. The van der Waals surface area contributed by atoms with Crippen molar-refractivity contribution in [3.63, 3.8) is 0 Å². The summed E-state index contributed by atoms with van der Waals surface area (Å²) in [4.78, 5) is 14.2. The zero-order chi connectivity index (χ0) is 11.4. The van der Waals surface area contributed by atoms with E-state index >= 15 is 0 Å². The molecule has 0 aromatic rings. The molecule has 2 rings (SSSR count). The minimum atomic E-state index is 0.380. The molecule has 2 heterocycles. The molecule has 92 valence electrons. The van der Waals surface area contributed by atoms with Gasteiger partial charge < -0.3 is 10.2 Å². The van der Waals surface area contributed by atoms with Crippen LogP contribution in [0.5, 0.6) is 0 Å². The molecule has 1 N–H and O–H groups in total. The molecule has 3 nitrogen and oxygen atoms in total. The minimum absolute atomic E-state index is 0.380. The van der Waals surface area contributed by atoms with Gasteiger partial charge in [-0.05, 0) is 37.2 Å². The molecule has 16 heavy (non-hydrogen) atoms. The fourth-order valence-electron chi connectivity index (χ4n) is 2.45. The number of rotatable bonds is 4. The summed E-state index contributed by atoms with van der Waals surface area (Å²) >= 11 is 2.03. The predicted molar refractivity (Wildman–Crippen MR) is 68.7 cm³/mol. The van der Waals surface area contributed by atoms with Gasteiger partial charge in [0.25, 0.3) is 0 Å². The third-order valence-corrected chi connectivity index (χ3v) is 4.71. The first kappa shape index (κ1) is 12.2. The minimum Gasteiger partial charge on any atom is -0.337 e. The van der Waals surface area contributed by atoms with Crippen molar-refractivity contribution in [1.29, 1.82) is 0 Å². The smallest absolute Gasteiger partial charge is 0.223 e. The number of nitrogens with zero attached hydrogens (tertiary/aromatic N) is 1. The molecule has 0 spiro atoms. The zero-order valence-electron chi connectivity index (χ0n) is 10.1.